The number of halogens is 1. The Labute approximate surface area is 101 Å². The summed E-state index contributed by atoms with van der Waals surface area (Å²) in [5.74, 6) is 1.91. The van der Waals surface area contributed by atoms with E-state index in [1.807, 2.05) is 26.1 Å². The zero-order chi connectivity index (χ0) is 10.8. The summed E-state index contributed by atoms with van der Waals surface area (Å²) in [5.41, 5.74) is 0. The number of nitrogens with one attached hydrogen (secondary N) is 1. The number of thiophene rings is 1. The molecule has 2 aromatic rings. The van der Waals surface area contributed by atoms with E-state index in [1.54, 1.807) is 11.3 Å². The van der Waals surface area contributed by atoms with Crippen LogP contribution < -0.4 is 5.32 Å². The third-order valence-electron chi connectivity index (χ3n) is 2.21. The Morgan fingerprint density at radius 1 is 1.33 bits per heavy atom. The van der Waals surface area contributed by atoms with Crippen LogP contribution in [0.5, 0.6) is 0 Å². The van der Waals surface area contributed by atoms with Gasteiger partial charge in [0.05, 0.1) is 3.79 Å². The Morgan fingerprint density at radius 3 is 2.60 bits per heavy atom. The third-order valence-corrected chi connectivity index (χ3v) is 3.90. The molecule has 1 N–H and O–H groups in total. The number of hydrogen-bond donors (Lipinski definition) is 1. The lowest BCUT2D eigenvalue weighted by Crippen LogP contribution is -2.15. The fraction of sp³-hybridized carbons (Fsp3) is 0.273. The topological polar surface area (TPSA) is 25.2 Å². The molecule has 0 aliphatic heterocycles. The molecule has 2 nitrogen and oxygen atoms in total. The first-order valence-electron chi connectivity index (χ1n) is 4.69. The molecule has 2 heterocycles. The maximum absolute atomic E-state index is 5.63. The van der Waals surface area contributed by atoms with Crippen molar-refractivity contribution < 1.29 is 4.42 Å². The summed E-state index contributed by atoms with van der Waals surface area (Å²) < 4.78 is 6.77. The van der Waals surface area contributed by atoms with Crippen LogP contribution in [0.1, 0.15) is 22.4 Å². The van der Waals surface area contributed by atoms with Gasteiger partial charge in [-0.25, -0.2) is 0 Å². The highest BCUT2D eigenvalue weighted by atomic mass is 79.9. The number of furan rings is 1. The second-order valence-corrected chi connectivity index (χ2v) is 5.81. The maximum atomic E-state index is 5.63. The van der Waals surface area contributed by atoms with E-state index < -0.39 is 0 Å². The molecule has 80 valence electrons. The minimum absolute atomic E-state index is 0.148. The lowest BCUT2D eigenvalue weighted by atomic mass is 10.2. The van der Waals surface area contributed by atoms with Crippen molar-refractivity contribution in [3.8, 4) is 0 Å². The van der Waals surface area contributed by atoms with Crippen LogP contribution in [0.3, 0.4) is 0 Å². The van der Waals surface area contributed by atoms with E-state index in [1.165, 1.54) is 4.88 Å². The highest BCUT2D eigenvalue weighted by Gasteiger charge is 2.16. The minimum atomic E-state index is 0.148. The second kappa shape index (κ2) is 4.51. The molecule has 2 rings (SSSR count). The molecular formula is C11H12BrNOS. The molecule has 15 heavy (non-hydrogen) atoms. The second-order valence-electron chi connectivity index (χ2n) is 3.31. The molecule has 0 amide bonds. The Hall–Kier alpha value is -0.580. The van der Waals surface area contributed by atoms with Crippen LogP contribution in [0.4, 0.5) is 0 Å². The Balaban J connectivity index is 2.32. The van der Waals surface area contributed by atoms with Crippen molar-refractivity contribution in [1.29, 1.82) is 0 Å². The van der Waals surface area contributed by atoms with Crippen molar-refractivity contribution in [2.75, 3.05) is 7.05 Å². The summed E-state index contributed by atoms with van der Waals surface area (Å²) in [6, 6.07) is 8.32. The quantitative estimate of drug-likeness (QED) is 0.930. The van der Waals surface area contributed by atoms with E-state index in [4.69, 9.17) is 4.42 Å². The van der Waals surface area contributed by atoms with E-state index in [0.717, 1.165) is 15.3 Å². The van der Waals surface area contributed by atoms with Crippen LogP contribution in [0, 0.1) is 6.92 Å². The number of rotatable bonds is 3. The van der Waals surface area contributed by atoms with E-state index in [-0.39, 0.29) is 6.04 Å². The smallest absolute Gasteiger partial charge is 0.126 e. The van der Waals surface area contributed by atoms with Crippen molar-refractivity contribution in [1.82, 2.24) is 5.32 Å². The lowest BCUT2D eigenvalue weighted by Gasteiger charge is -2.10. The van der Waals surface area contributed by atoms with Gasteiger partial charge < -0.3 is 9.73 Å². The maximum Gasteiger partial charge on any atom is 0.126 e. The summed E-state index contributed by atoms with van der Waals surface area (Å²) in [4.78, 5) is 1.25. The van der Waals surface area contributed by atoms with Crippen molar-refractivity contribution >= 4 is 27.3 Å². The summed E-state index contributed by atoms with van der Waals surface area (Å²) in [6.07, 6.45) is 0. The van der Waals surface area contributed by atoms with Crippen molar-refractivity contribution in [2.24, 2.45) is 0 Å². The van der Waals surface area contributed by atoms with Gasteiger partial charge in [-0.05, 0) is 54.2 Å². The minimum Gasteiger partial charge on any atom is -0.464 e. The molecular weight excluding hydrogens is 274 g/mol. The average molecular weight is 286 g/mol. The van der Waals surface area contributed by atoms with Gasteiger partial charge in [-0.15, -0.1) is 11.3 Å². The highest BCUT2D eigenvalue weighted by Crippen LogP contribution is 2.31. The standard InChI is InChI=1S/C11H12BrNOS/c1-7-3-4-8(14-7)11(13-2)9-5-6-10(12)15-9/h3-6,11,13H,1-2H3. The Morgan fingerprint density at radius 2 is 2.13 bits per heavy atom. The molecule has 0 spiro atoms. The van der Waals surface area contributed by atoms with Crippen molar-refractivity contribution in [3.05, 3.63) is 44.4 Å². The molecule has 0 saturated heterocycles. The molecule has 0 radical (unpaired) electrons. The van der Waals surface area contributed by atoms with Gasteiger partial charge in [-0.1, -0.05) is 0 Å². The molecule has 0 aliphatic carbocycles. The molecule has 0 aliphatic rings. The fourth-order valence-corrected chi connectivity index (χ4v) is 3.06. The van der Waals surface area contributed by atoms with Crippen LogP contribution in [0.25, 0.3) is 0 Å². The van der Waals surface area contributed by atoms with Crippen molar-refractivity contribution in [2.45, 2.75) is 13.0 Å². The predicted molar refractivity (Wildman–Crippen MR) is 66.4 cm³/mol. The third kappa shape index (κ3) is 2.33. The van der Waals surface area contributed by atoms with Crippen LogP contribution in [-0.2, 0) is 0 Å². The summed E-state index contributed by atoms with van der Waals surface area (Å²) in [7, 11) is 1.94. The molecule has 0 aromatic carbocycles. The molecule has 0 fully saturated rings. The summed E-state index contributed by atoms with van der Waals surface area (Å²) in [5, 5.41) is 3.26. The van der Waals surface area contributed by atoms with Crippen LogP contribution in [-0.4, -0.2) is 7.05 Å². The van der Waals surface area contributed by atoms with Crippen LogP contribution in [0.2, 0.25) is 0 Å². The monoisotopic (exact) mass is 285 g/mol. The van der Waals surface area contributed by atoms with Gasteiger partial charge in [-0.2, -0.15) is 0 Å². The van der Waals surface area contributed by atoms with Gasteiger partial charge in [0, 0.05) is 4.88 Å². The summed E-state index contributed by atoms with van der Waals surface area (Å²) >= 11 is 5.19. The lowest BCUT2D eigenvalue weighted by molar-refractivity contribution is 0.446. The van der Waals surface area contributed by atoms with E-state index in [0.29, 0.717) is 0 Å². The van der Waals surface area contributed by atoms with Crippen molar-refractivity contribution in [3.63, 3.8) is 0 Å². The zero-order valence-corrected chi connectivity index (χ0v) is 11.0. The summed E-state index contributed by atoms with van der Waals surface area (Å²) in [6.45, 7) is 1.96. The SMILES string of the molecule is CNC(c1ccc(C)o1)c1ccc(Br)s1. The molecule has 4 heteroatoms. The fourth-order valence-electron chi connectivity index (χ4n) is 1.52. The first-order chi connectivity index (χ1) is 7.20. The van der Waals surface area contributed by atoms with E-state index in [2.05, 4.69) is 33.4 Å². The predicted octanol–water partition coefficient (Wildman–Crippen LogP) is 3.72. The Kier molecular flexibility index (Phi) is 3.29. The molecule has 0 bridgehead atoms. The molecule has 0 saturated carbocycles. The normalized spacial score (nSPS) is 13.0. The first kappa shape index (κ1) is 10.9. The van der Waals surface area contributed by atoms with Crippen LogP contribution >= 0.6 is 27.3 Å². The van der Waals surface area contributed by atoms with Gasteiger partial charge in [0.2, 0.25) is 0 Å². The highest BCUT2D eigenvalue weighted by molar-refractivity contribution is 9.11. The average Bonchev–Trinajstić information content (AvgIpc) is 2.78. The van der Waals surface area contributed by atoms with Crippen LogP contribution in [0.15, 0.2) is 32.5 Å². The molecule has 1 atom stereocenters. The molecule has 1 unspecified atom stereocenters. The first-order valence-corrected chi connectivity index (χ1v) is 6.30. The molecule has 2 aromatic heterocycles. The number of hydrogen-bond acceptors (Lipinski definition) is 3. The van der Waals surface area contributed by atoms with Gasteiger partial charge in [0.1, 0.15) is 17.6 Å². The zero-order valence-electron chi connectivity index (χ0n) is 8.58. The van der Waals surface area contributed by atoms with E-state index >= 15 is 0 Å². The largest absolute Gasteiger partial charge is 0.464 e. The van der Waals surface area contributed by atoms with Gasteiger partial charge in [0.25, 0.3) is 0 Å². The van der Waals surface area contributed by atoms with Gasteiger partial charge >= 0.3 is 0 Å². The Bertz CT molecular complexity index is 409. The van der Waals surface area contributed by atoms with Gasteiger partial charge in [0.15, 0.2) is 0 Å². The number of aryl methyl sites for hydroxylation is 1. The van der Waals surface area contributed by atoms with Gasteiger partial charge in [-0.3, -0.25) is 0 Å². The van der Waals surface area contributed by atoms with E-state index in [9.17, 15) is 0 Å².